The van der Waals surface area contributed by atoms with E-state index in [-0.39, 0.29) is 11.9 Å². The molecule has 7 heteroatoms. The minimum atomic E-state index is -0.186. The summed E-state index contributed by atoms with van der Waals surface area (Å²) >= 11 is 3.17. The second-order valence-electron chi connectivity index (χ2n) is 6.69. The van der Waals surface area contributed by atoms with Crippen LogP contribution in [-0.2, 0) is 0 Å². The van der Waals surface area contributed by atoms with Crippen LogP contribution in [-0.4, -0.2) is 20.9 Å². The van der Waals surface area contributed by atoms with E-state index in [2.05, 4.69) is 34.1 Å². The van der Waals surface area contributed by atoms with Crippen LogP contribution < -0.4 is 5.32 Å². The number of nitrogens with zero attached hydrogens (tertiary/aromatic N) is 3. The Kier molecular flexibility index (Phi) is 5.60. The van der Waals surface area contributed by atoms with E-state index in [1.165, 1.54) is 22.2 Å². The fourth-order valence-electron chi connectivity index (χ4n) is 3.06. The zero-order valence-electron chi connectivity index (χ0n) is 16.3. The van der Waals surface area contributed by atoms with E-state index in [1.807, 2.05) is 49.4 Å². The molecule has 3 aromatic heterocycles. The maximum atomic E-state index is 13.0. The van der Waals surface area contributed by atoms with Gasteiger partial charge in [0.2, 0.25) is 0 Å². The summed E-state index contributed by atoms with van der Waals surface area (Å²) in [6.45, 7) is 6.12. The minimum Gasteiger partial charge on any atom is -0.344 e. The van der Waals surface area contributed by atoms with Crippen LogP contribution >= 0.6 is 23.1 Å². The third-order valence-corrected chi connectivity index (χ3v) is 6.94. The summed E-state index contributed by atoms with van der Waals surface area (Å²) in [5.41, 5.74) is 2.64. The number of benzene rings is 1. The highest BCUT2D eigenvalue weighted by Crippen LogP contribution is 2.38. The lowest BCUT2D eigenvalue weighted by molar-refractivity contribution is 0.0936. The minimum absolute atomic E-state index is 0.130. The number of thiophene rings is 1. The van der Waals surface area contributed by atoms with Crippen LogP contribution in [0.5, 0.6) is 0 Å². The van der Waals surface area contributed by atoms with Gasteiger partial charge in [-0.3, -0.25) is 9.78 Å². The van der Waals surface area contributed by atoms with Gasteiger partial charge in [-0.2, -0.15) is 0 Å². The highest BCUT2D eigenvalue weighted by molar-refractivity contribution is 7.99. The van der Waals surface area contributed by atoms with E-state index in [9.17, 15) is 4.79 Å². The number of fused-ring (bicyclic) bond motifs is 1. The van der Waals surface area contributed by atoms with Crippen molar-refractivity contribution in [3.05, 3.63) is 76.7 Å². The van der Waals surface area contributed by atoms with Gasteiger partial charge >= 0.3 is 0 Å². The molecule has 5 nitrogen and oxygen atoms in total. The number of carbonyl (C=O) groups excluding carboxylic acids is 1. The van der Waals surface area contributed by atoms with Gasteiger partial charge in [0.1, 0.15) is 16.2 Å². The largest absolute Gasteiger partial charge is 0.344 e. The Balaban J connectivity index is 1.63. The zero-order chi connectivity index (χ0) is 20.4. The predicted octanol–water partition coefficient (Wildman–Crippen LogP) is 5.35. The number of hydrogen-bond acceptors (Lipinski definition) is 6. The third kappa shape index (κ3) is 4.02. The second kappa shape index (κ2) is 8.31. The number of rotatable bonds is 5. The van der Waals surface area contributed by atoms with Crippen LogP contribution in [0.25, 0.3) is 10.2 Å². The summed E-state index contributed by atoms with van der Waals surface area (Å²) in [5.74, 6) is -0.130. The Morgan fingerprint density at radius 3 is 2.66 bits per heavy atom. The number of carbonyl (C=O) groups is 1. The highest BCUT2D eigenvalue weighted by atomic mass is 32.2. The smallest absolute Gasteiger partial charge is 0.252 e. The molecule has 0 aliphatic heterocycles. The molecule has 1 atom stereocenters. The molecule has 3 heterocycles. The summed E-state index contributed by atoms with van der Waals surface area (Å²) < 4.78 is 0. The van der Waals surface area contributed by atoms with Gasteiger partial charge in [0.15, 0.2) is 0 Å². The van der Waals surface area contributed by atoms with Gasteiger partial charge < -0.3 is 5.32 Å². The van der Waals surface area contributed by atoms with Crippen molar-refractivity contribution in [3.63, 3.8) is 0 Å². The molecule has 29 heavy (non-hydrogen) atoms. The van der Waals surface area contributed by atoms with E-state index in [4.69, 9.17) is 0 Å². The molecule has 0 spiro atoms. The van der Waals surface area contributed by atoms with Crippen LogP contribution in [0.3, 0.4) is 0 Å². The second-order valence-corrected chi connectivity index (χ2v) is 8.92. The molecule has 1 amide bonds. The lowest BCUT2D eigenvalue weighted by Gasteiger charge is -2.15. The molecule has 0 radical (unpaired) electrons. The average molecular weight is 421 g/mol. The van der Waals surface area contributed by atoms with Crippen LogP contribution in [0.1, 0.15) is 39.5 Å². The SMILES string of the molecule is Cc1sc2ncnc(Sc3ccccc3C(=O)NC(C)c3ccccn3)c2c1C. The van der Waals surface area contributed by atoms with Crippen LogP contribution in [0, 0.1) is 13.8 Å². The zero-order valence-corrected chi connectivity index (χ0v) is 18.0. The topological polar surface area (TPSA) is 67.8 Å². The van der Waals surface area contributed by atoms with E-state index in [1.54, 1.807) is 23.9 Å². The number of hydrogen-bond donors (Lipinski definition) is 1. The van der Waals surface area contributed by atoms with Crippen molar-refractivity contribution in [1.29, 1.82) is 0 Å². The maximum Gasteiger partial charge on any atom is 0.252 e. The lowest BCUT2D eigenvalue weighted by atomic mass is 10.1. The fraction of sp³-hybridized carbons (Fsp3) is 0.182. The van der Waals surface area contributed by atoms with Crippen molar-refractivity contribution < 1.29 is 4.79 Å². The monoisotopic (exact) mass is 420 g/mol. The molecule has 1 aromatic carbocycles. The van der Waals surface area contributed by atoms with Gasteiger partial charge in [0.05, 0.1) is 17.3 Å². The van der Waals surface area contributed by atoms with Gasteiger partial charge in [0.25, 0.3) is 5.91 Å². The Hall–Kier alpha value is -2.77. The van der Waals surface area contributed by atoms with E-state index >= 15 is 0 Å². The molecule has 0 aliphatic rings. The van der Waals surface area contributed by atoms with Crippen LogP contribution in [0.4, 0.5) is 0 Å². The van der Waals surface area contributed by atoms with E-state index in [0.717, 1.165) is 25.8 Å². The Morgan fingerprint density at radius 2 is 1.86 bits per heavy atom. The Bertz CT molecular complexity index is 1170. The number of amides is 1. The first kappa shape index (κ1) is 19.5. The van der Waals surface area contributed by atoms with Gasteiger partial charge in [-0.1, -0.05) is 30.0 Å². The Labute approximate surface area is 177 Å². The predicted molar refractivity (Wildman–Crippen MR) is 118 cm³/mol. The highest BCUT2D eigenvalue weighted by Gasteiger charge is 2.18. The van der Waals surface area contributed by atoms with Crippen molar-refractivity contribution in [3.8, 4) is 0 Å². The fourth-order valence-corrected chi connectivity index (χ4v) is 5.19. The first-order valence-electron chi connectivity index (χ1n) is 9.24. The molecule has 0 aliphatic carbocycles. The van der Waals surface area contributed by atoms with Crippen molar-refractivity contribution in [2.45, 2.75) is 36.7 Å². The molecule has 4 aromatic rings. The molecule has 0 saturated heterocycles. The number of pyridine rings is 1. The first-order chi connectivity index (χ1) is 14.0. The van der Waals surface area contributed by atoms with Crippen molar-refractivity contribution in [1.82, 2.24) is 20.3 Å². The van der Waals surface area contributed by atoms with Gasteiger partial charge in [-0.25, -0.2) is 9.97 Å². The summed E-state index contributed by atoms with van der Waals surface area (Å²) in [5, 5.41) is 4.98. The van der Waals surface area contributed by atoms with Gasteiger partial charge in [0, 0.05) is 21.4 Å². The molecule has 0 fully saturated rings. The average Bonchev–Trinajstić information content (AvgIpc) is 3.03. The number of aryl methyl sites for hydroxylation is 2. The molecule has 1 unspecified atom stereocenters. The summed E-state index contributed by atoms with van der Waals surface area (Å²) in [4.78, 5) is 29.3. The lowest BCUT2D eigenvalue weighted by Crippen LogP contribution is -2.27. The van der Waals surface area contributed by atoms with Crippen molar-refractivity contribution in [2.24, 2.45) is 0 Å². The molecular formula is C22H20N4OS2. The number of nitrogens with one attached hydrogen (secondary N) is 1. The molecule has 146 valence electrons. The van der Waals surface area contributed by atoms with E-state index < -0.39 is 0 Å². The first-order valence-corrected chi connectivity index (χ1v) is 10.9. The normalized spacial score (nSPS) is 12.1. The Morgan fingerprint density at radius 1 is 1.07 bits per heavy atom. The maximum absolute atomic E-state index is 13.0. The summed E-state index contributed by atoms with van der Waals surface area (Å²) in [7, 11) is 0. The van der Waals surface area contributed by atoms with Crippen molar-refractivity contribution >= 4 is 39.2 Å². The number of aromatic nitrogens is 3. The quantitative estimate of drug-likeness (QED) is 0.441. The van der Waals surface area contributed by atoms with Crippen molar-refractivity contribution in [2.75, 3.05) is 0 Å². The van der Waals surface area contributed by atoms with Gasteiger partial charge in [-0.15, -0.1) is 11.3 Å². The molecule has 1 N–H and O–H groups in total. The van der Waals surface area contributed by atoms with Gasteiger partial charge in [-0.05, 0) is 50.6 Å². The van der Waals surface area contributed by atoms with Crippen LogP contribution in [0.15, 0.2) is 64.9 Å². The standard InChI is InChI=1S/C22H20N4OS2/c1-13-15(3)28-21-19(13)22(25-12-24-21)29-18-10-5-4-8-16(18)20(27)26-14(2)17-9-6-7-11-23-17/h4-12,14H,1-3H3,(H,26,27). The molecule has 0 bridgehead atoms. The van der Waals surface area contributed by atoms with Crippen LogP contribution in [0.2, 0.25) is 0 Å². The third-order valence-electron chi connectivity index (χ3n) is 4.75. The van der Waals surface area contributed by atoms with E-state index in [0.29, 0.717) is 5.56 Å². The summed E-state index contributed by atoms with van der Waals surface area (Å²) in [6.07, 6.45) is 3.32. The molecular weight excluding hydrogens is 400 g/mol. The molecule has 4 rings (SSSR count). The molecule has 0 saturated carbocycles. The summed E-state index contributed by atoms with van der Waals surface area (Å²) in [6, 6.07) is 13.1.